The number of hydrogen-bond acceptors (Lipinski definition) is 5. The third kappa shape index (κ3) is 7.00. The van der Waals surface area contributed by atoms with Gasteiger partial charge in [-0.2, -0.15) is 0 Å². The van der Waals surface area contributed by atoms with E-state index >= 15 is 0 Å². The van der Waals surface area contributed by atoms with Crippen molar-refractivity contribution < 1.29 is 23.8 Å². The Kier molecular flexibility index (Phi) is 8.74. The van der Waals surface area contributed by atoms with Crippen LogP contribution in [0.5, 0.6) is 11.5 Å². The molecular formula is C20H30N2O5. The fraction of sp³-hybridized carbons (Fsp3) is 0.600. The molecule has 1 saturated heterocycles. The zero-order valence-electron chi connectivity index (χ0n) is 16.2. The molecule has 1 aromatic carbocycles. The van der Waals surface area contributed by atoms with Crippen LogP contribution in [-0.4, -0.2) is 55.9 Å². The van der Waals surface area contributed by atoms with Crippen LogP contribution in [0.1, 0.15) is 39.5 Å². The molecule has 0 aliphatic carbocycles. The van der Waals surface area contributed by atoms with Crippen molar-refractivity contribution in [2.24, 2.45) is 0 Å². The smallest absolute Gasteiger partial charge is 0.409 e. The predicted molar refractivity (Wildman–Crippen MR) is 102 cm³/mol. The monoisotopic (exact) mass is 378 g/mol. The largest absolute Gasteiger partial charge is 0.490 e. The Bertz CT molecular complexity index is 600. The van der Waals surface area contributed by atoms with Crippen molar-refractivity contribution in [1.29, 1.82) is 0 Å². The summed E-state index contributed by atoms with van der Waals surface area (Å²) in [7, 11) is 0. The van der Waals surface area contributed by atoms with Gasteiger partial charge in [0.25, 0.3) is 5.91 Å². The number of nitrogens with zero attached hydrogens (tertiary/aromatic N) is 1. The van der Waals surface area contributed by atoms with Gasteiger partial charge in [0.15, 0.2) is 18.1 Å². The summed E-state index contributed by atoms with van der Waals surface area (Å²) in [5.41, 5.74) is 0. The highest BCUT2D eigenvalue weighted by Crippen LogP contribution is 2.26. The molecule has 1 heterocycles. The minimum Gasteiger partial charge on any atom is -0.490 e. The van der Waals surface area contributed by atoms with E-state index in [1.54, 1.807) is 11.0 Å². The average Bonchev–Trinajstić information content (AvgIpc) is 2.68. The summed E-state index contributed by atoms with van der Waals surface area (Å²) in [4.78, 5) is 25.8. The molecule has 0 aromatic heterocycles. The average molecular weight is 378 g/mol. The van der Waals surface area contributed by atoms with E-state index in [1.807, 2.05) is 25.1 Å². The molecular weight excluding hydrogens is 348 g/mol. The summed E-state index contributed by atoms with van der Waals surface area (Å²) in [5.74, 6) is 1.01. The third-order valence-corrected chi connectivity index (χ3v) is 4.35. The molecule has 1 aromatic rings. The molecule has 27 heavy (non-hydrogen) atoms. The van der Waals surface area contributed by atoms with Gasteiger partial charge >= 0.3 is 6.09 Å². The summed E-state index contributed by atoms with van der Waals surface area (Å²) in [6, 6.07) is 7.33. The van der Waals surface area contributed by atoms with E-state index < -0.39 is 0 Å². The second kappa shape index (κ2) is 11.3. The molecule has 1 fully saturated rings. The van der Waals surface area contributed by atoms with Crippen LogP contribution in [0.4, 0.5) is 4.79 Å². The van der Waals surface area contributed by atoms with E-state index in [0.717, 1.165) is 12.8 Å². The van der Waals surface area contributed by atoms with Gasteiger partial charge in [-0.1, -0.05) is 25.5 Å². The second-order valence-corrected chi connectivity index (χ2v) is 6.47. The molecule has 0 spiro atoms. The first kappa shape index (κ1) is 20.9. The van der Waals surface area contributed by atoms with Gasteiger partial charge in [-0.15, -0.1) is 0 Å². The number of para-hydroxylation sites is 2. The van der Waals surface area contributed by atoms with Gasteiger partial charge in [0.05, 0.1) is 13.2 Å². The molecule has 7 heteroatoms. The minimum absolute atomic E-state index is 0.0444. The number of ether oxygens (including phenoxy) is 3. The lowest BCUT2D eigenvalue weighted by Crippen LogP contribution is -2.47. The highest BCUT2D eigenvalue weighted by molar-refractivity contribution is 5.78. The first-order chi connectivity index (χ1) is 13.1. The van der Waals surface area contributed by atoms with Crippen molar-refractivity contribution in [1.82, 2.24) is 10.2 Å². The third-order valence-electron chi connectivity index (χ3n) is 4.35. The number of amides is 2. The number of carbonyl (C=O) groups is 2. The standard InChI is InChI=1S/C20H30N2O5/c1-3-5-14-26-20(24)22-12-10-16(11-13-22)21-19(23)15-27-18-9-7-6-8-17(18)25-4-2/h6-9,16H,3-5,10-15H2,1-2H3,(H,21,23). The normalized spacial score (nSPS) is 14.5. The lowest BCUT2D eigenvalue weighted by atomic mass is 10.1. The number of rotatable bonds is 9. The fourth-order valence-corrected chi connectivity index (χ4v) is 2.86. The maximum atomic E-state index is 12.2. The zero-order chi connectivity index (χ0) is 19.5. The van der Waals surface area contributed by atoms with Crippen LogP contribution in [-0.2, 0) is 9.53 Å². The lowest BCUT2D eigenvalue weighted by molar-refractivity contribution is -0.124. The van der Waals surface area contributed by atoms with E-state index in [2.05, 4.69) is 12.2 Å². The van der Waals surface area contributed by atoms with Crippen molar-refractivity contribution in [2.75, 3.05) is 32.9 Å². The minimum atomic E-state index is -0.260. The van der Waals surface area contributed by atoms with Crippen LogP contribution in [0.2, 0.25) is 0 Å². The number of unbranched alkanes of at least 4 members (excludes halogenated alkanes) is 1. The van der Waals surface area contributed by atoms with E-state index in [4.69, 9.17) is 14.2 Å². The van der Waals surface area contributed by atoms with Crippen molar-refractivity contribution in [2.45, 2.75) is 45.6 Å². The van der Waals surface area contributed by atoms with Crippen molar-refractivity contribution >= 4 is 12.0 Å². The zero-order valence-corrected chi connectivity index (χ0v) is 16.2. The maximum Gasteiger partial charge on any atom is 0.409 e. The van der Waals surface area contributed by atoms with Crippen LogP contribution in [0, 0.1) is 0 Å². The molecule has 1 aliphatic rings. The van der Waals surface area contributed by atoms with Gasteiger partial charge < -0.3 is 24.4 Å². The van der Waals surface area contributed by atoms with Crippen LogP contribution in [0.25, 0.3) is 0 Å². The summed E-state index contributed by atoms with van der Waals surface area (Å²) in [6.45, 7) is 6.06. The molecule has 0 atom stereocenters. The molecule has 2 rings (SSSR count). The highest BCUT2D eigenvalue weighted by atomic mass is 16.6. The number of carbonyl (C=O) groups excluding carboxylic acids is 2. The first-order valence-corrected chi connectivity index (χ1v) is 9.69. The summed E-state index contributed by atoms with van der Waals surface area (Å²) in [6.07, 6.45) is 3.04. The summed E-state index contributed by atoms with van der Waals surface area (Å²) in [5, 5.41) is 2.97. The SMILES string of the molecule is CCCCOC(=O)N1CCC(NC(=O)COc2ccccc2OCC)CC1. The molecule has 0 saturated carbocycles. The summed E-state index contributed by atoms with van der Waals surface area (Å²) < 4.78 is 16.3. The number of piperidine rings is 1. The van der Waals surface area contributed by atoms with Crippen LogP contribution < -0.4 is 14.8 Å². The van der Waals surface area contributed by atoms with Gasteiger partial charge in [-0.3, -0.25) is 4.79 Å². The van der Waals surface area contributed by atoms with Gasteiger partial charge in [-0.25, -0.2) is 4.79 Å². The van der Waals surface area contributed by atoms with E-state index in [9.17, 15) is 9.59 Å². The Labute approximate surface area is 161 Å². The Morgan fingerprint density at radius 1 is 1.11 bits per heavy atom. The number of nitrogens with one attached hydrogen (secondary N) is 1. The molecule has 0 bridgehead atoms. The molecule has 150 valence electrons. The Morgan fingerprint density at radius 3 is 2.41 bits per heavy atom. The Morgan fingerprint density at radius 2 is 1.78 bits per heavy atom. The molecule has 1 aliphatic heterocycles. The second-order valence-electron chi connectivity index (χ2n) is 6.47. The van der Waals surface area contributed by atoms with E-state index in [0.29, 0.717) is 50.6 Å². The van der Waals surface area contributed by atoms with Crippen LogP contribution in [0.15, 0.2) is 24.3 Å². The molecule has 2 amide bonds. The molecule has 0 unspecified atom stereocenters. The molecule has 0 radical (unpaired) electrons. The van der Waals surface area contributed by atoms with Crippen molar-refractivity contribution in [3.8, 4) is 11.5 Å². The highest BCUT2D eigenvalue weighted by Gasteiger charge is 2.24. The van der Waals surface area contributed by atoms with Crippen LogP contribution >= 0.6 is 0 Å². The van der Waals surface area contributed by atoms with Crippen molar-refractivity contribution in [3.05, 3.63) is 24.3 Å². The first-order valence-electron chi connectivity index (χ1n) is 9.69. The number of likely N-dealkylation sites (tertiary alicyclic amines) is 1. The predicted octanol–water partition coefficient (Wildman–Crippen LogP) is 2.98. The van der Waals surface area contributed by atoms with Crippen LogP contribution in [0.3, 0.4) is 0 Å². The fourth-order valence-electron chi connectivity index (χ4n) is 2.86. The number of hydrogen-bond donors (Lipinski definition) is 1. The number of benzene rings is 1. The van der Waals surface area contributed by atoms with Gasteiger partial charge in [0.1, 0.15) is 0 Å². The molecule has 1 N–H and O–H groups in total. The lowest BCUT2D eigenvalue weighted by Gasteiger charge is -2.31. The Balaban J connectivity index is 1.69. The topological polar surface area (TPSA) is 77.1 Å². The quantitative estimate of drug-likeness (QED) is 0.669. The van der Waals surface area contributed by atoms with Gasteiger partial charge in [-0.05, 0) is 38.3 Å². The summed E-state index contributed by atoms with van der Waals surface area (Å²) >= 11 is 0. The van der Waals surface area contributed by atoms with E-state index in [-0.39, 0.29) is 24.6 Å². The van der Waals surface area contributed by atoms with Gasteiger partial charge in [0.2, 0.25) is 0 Å². The maximum absolute atomic E-state index is 12.2. The van der Waals surface area contributed by atoms with E-state index in [1.165, 1.54) is 0 Å². The molecule has 7 nitrogen and oxygen atoms in total. The van der Waals surface area contributed by atoms with Crippen molar-refractivity contribution in [3.63, 3.8) is 0 Å². The Hall–Kier alpha value is -2.44. The van der Waals surface area contributed by atoms with Gasteiger partial charge in [0, 0.05) is 19.1 Å².